The van der Waals surface area contributed by atoms with E-state index in [0.29, 0.717) is 24.3 Å². The monoisotopic (exact) mass is 387 g/mol. The first kappa shape index (κ1) is 21.3. The zero-order valence-electron chi connectivity index (χ0n) is 15.6. The van der Waals surface area contributed by atoms with Gasteiger partial charge in [-0.3, -0.25) is 4.79 Å². The van der Waals surface area contributed by atoms with E-state index in [-0.39, 0.29) is 18.4 Å². The molecule has 2 heterocycles. The van der Waals surface area contributed by atoms with E-state index in [1.54, 1.807) is 0 Å². The smallest absolute Gasteiger partial charge is 0.317 e. The number of hydrogen-bond acceptors (Lipinski definition) is 3. The highest BCUT2D eigenvalue weighted by molar-refractivity contribution is 5.85. The Balaban J connectivity index is 0.00000243. The third kappa shape index (κ3) is 5.74. The Kier molecular flexibility index (Phi) is 8.48. The van der Waals surface area contributed by atoms with Crippen LogP contribution < -0.4 is 10.6 Å². The van der Waals surface area contributed by atoms with Crippen LogP contribution in [0.25, 0.3) is 0 Å². The molecule has 1 saturated carbocycles. The summed E-state index contributed by atoms with van der Waals surface area (Å²) >= 11 is 0. The summed E-state index contributed by atoms with van der Waals surface area (Å²) in [6.07, 6.45) is 9.19. The predicted octanol–water partition coefficient (Wildman–Crippen LogP) is 2.86. The van der Waals surface area contributed by atoms with Gasteiger partial charge >= 0.3 is 12.0 Å². The summed E-state index contributed by atoms with van der Waals surface area (Å²) in [5.74, 6) is 1.20. The van der Waals surface area contributed by atoms with E-state index in [1.807, 2.05) is 0 Å². The Bertz CT molecular complexity index is 463. The molecular weight excluding hydrogens is 354 g/mol. The molecule has 0 aromatic rings. The maximum Gasteiger partial charge on any atom is 0.317 e. The molecule has 3 fully saturated rings. The average Bonchev–Trinajstić information content (AvgIpc) is 3.00. The van der Waals surface area contributed by atoms with E-state index < -0.39 is 5.97 Å². The summed E-state index contributed by atoms with van der Waals surface area (Å²) in [4.78, 5) is 25.1. The fourth-order valence-electron chi connectivity index (χ4n) is 4.92. The van der Waals surface area contributed by atoms with Gasteiger partial charge < -0.3 is 20.6 Å². The van der Waals surface area contributed by atoms with E-state index in [0.717, 1.165) is 70.6 Å². The largest absolute Gasteiger partial charge is 0.481 e. The molecule has 2 aliphatic heterocycles. The van der Waals surface area contributed by atoms with Crippen LogP contribution >= 0.6 is 12.4 Å². The molecule has 1 atom stereocenters. The number of carboxylic acids is 1. The van der Waals surface area contributed by atoms with Gasteiger partial charge in [0.25, 0.3) is 0 Å². The van der Waals surface area contributed by atoms with Crippen LogP contribution in [0.1, 0.15) is 57.8 Å². The number of aliphatic carboxylic acids is 1. The third-order valence-corrected chi connectivity index (χ3v) is 6.56. The summed E-state index contributed by atoms with van der Waals surface area (Å²) in [5, 5.41) is 15.3. The molecule has 3 aliphatic rings. The second kappa shape index (κ2) is 10.4. The van der Waals surface area contributed by atoms with Crippen LogP contribution in [0.2, 0.25) is 0 Å². The van der Waals surface area contributed by atoms with E-state index in [1.165, 1.54) is 12.8 Å². The van der Waals surface area contributed by atoms with Crippen molar-refractivity contribution in [2.75, 3.05) is 26.2 Å². The molecule has 6 nitrogen and oxygen atoms in total. The highest BCUT2D eigenvalue weighted by Gasteiger charge is 2.38. The van der Waals surface area contributed by atoms with Crippen molar-refractivity contribution in [2.24, 2.45) is 17.8 Å². The number of carbonyl (C=O) groups is 2. The lowest BCUT2D eigenvalue weighted by Crippen LogP contribution is -2.42. The molecule has 0 spiro atoms. The molecule has 0 radical (unpaired) electrons. The minimum Gasteiger partial charge on any atom is -0.481 e. The molecule has 0 aromatic carbocycles. The van der Waals surface area contributed by atoms with Crippen LogP contribution in [0.3, 0.4) is 0 Å². The lowest BCUT2D eigenvalue weighted by atomic mass is 9.76. The lowest BCUT2D eigenvalue weighted by Gasteiger charge is -2.36. The number of nitrogens with one attached hydrogen (secondary N) is 2. The van der Waals surface area contributed by atoms with Crippen molar-refractivity contribution in [3.05, 3.63) is 0 Å². The first-order chi connectivity index (χ1) is 12.1. The number of hydrogen-bond donors (Lipinski definition) is 3. The van der Waals surface area contributed by atoms with Gasteiger partial charge in [0, 0.05) is 19.5 Å². The fraction of sp³-hybridized carbons (Fsp3) is 0.895. The SMILES string of the molecule is Cl.O=C(O)CCC1CCC(C2CNC(=O)N2CCC2CCNCC2)CC1. The highest BCUT2D eigenvalue weighted by Crippen LogP contribution is 2.36. The Morgan fingerprint density at radius 3 is 2.35 bits per heavy atom. The molecule has 2 amide bonds. The lowest BCUT2D eigenvalue weighted by molar-refractivity contribution is -0.137. The molecule has 0 aromatic heterocycles. The first-order valence-corrected chi connectivity index (χ1v) is 10.1. The van der Waals surface area contributed by atoms with Crippen molar-refractivity contribution in [1.29, 1.82) is 0 Å². The summed E-state index contributed by atoms with van der Waals surface area (Å²) < 4.78 is 0. The molecule has 3 N–H and O–H groups in total. The second-order valence-corrected chi connectivity index (χ2v) is 8.14. The Morgan fingerprint density at radius 2 is 1.69 bits per heavy atom. The summed E-state index contributed by atoms with van der Waals surface area (Å²) in [6, 6.07) is 0.460. The van der Waals surface area contributed by atoms with E-state index in [2.05, 4.69) is 15.5 Å². The van der Waals surface area contributed by atoms with Crippen molar-refractivity contribution in [3.8, 4) is 0 Å². The summed E-state index contributed by atoms with van der Waals surface area (Å²) in [6.45, 7) is 3.90. The standard InChI is InChI=1S/C19H33N3O3.ClH/c23-18(24)6-3-14-1-4-16(5-2-14)17-13-21-19(25)22(17)12-9-15-7-10-20-11-8-15;/h14-17,20H,1-13H2,(H,21,25)(H,23,24);1H. The van der Waals surface area contributed by atoms with Gasteiger partial charge in [0.15, 0.2) is 0 Å². The molecule has 26 heavy (non-hydrogen) atoms. The van der Waals surface area contributed by atoms with Crippen LogP contribution in [-0.4, -0.2) is 54.2 Å². The zero-order valence-corrected chi connectivity index (χ0v) is 16.4. The van der Waals surface area contributed by atoms with Crippen LogP contribution in [0.15, 0.2) is 0 Å². The molecule has 2 saturated heterocycles. The topological polar surface area (TPSA) is 81.7 Å². The summed E-state index contributed by atoms with van der Waals surface area (Å²) in [7, 11) is 0. The average molecular weight is 388 g/mol. The second-order valence-electron chi connectivity index (χ2n) is 8.14. The molecule has 1 aliphatic carbocycles. The number of piperidine rings is 1. The minimum absolute atomic E-state index is 0. The molecule has 0 bridgehead atoms. The number of nitrogens with zero attached hydrogens (tertiary/aromatic N) is 1. The van der Waals surface area contributed by atoms with Crippen LogP contribution in [0.4, 0.5) is 4.79 Å². The number of urea groups is 1. The van der Waals surface area contributed by atoms with E-state index in [9.17, 15) is 9.59 Å². The number of amides is 2. The van der Waals surface area contributed by atoms with Gasteiger partial charge in [-0.25, -0.2) is 4.79 Å². The molecular formula is C19H34ClN3O3. The van der Waals surface area contributed by atoms with Gasteiger partial charge in [-0.2, -0.15) is 0 Å². The molecule has 1 unspecified atom stereocenters. The minimum atomic E-state index is -0.684. The van der Waals surface area contributed by atoms with Gasteiger partial charge in [0.1, 0.15) is 0 Å². The van der Waals surface area contributed by atoms with E-state index in [4.69, 9.17) is 5.11 Å². The predicted molar refractivity (Wildman–Crippen MR) is 104 cm³/mol. The van der Waals surface area contributed by atoms with Crippen molar-refractivity contribution < 1.29 is 14.7 Å². The highest BCUT2D eigenvalue weighted by atomic mass is 35.5. The number of rotatable bonds is 7. The van der Waals surface area contributed by atoms with Crippen LogP contribution in [-0.2, 0) is 4.79 Å². The number of halogens is 1. The van der Waals surface area contributed by atoms with E-state index >= 15 is 0 Å². The zero-order chi connectivity index (χ0) is 17.6. The van der Waals surface area contributed by atoms with Crippen molar-refractivity contribution >= 4 is 24.4 Å². The van der Waals surface area contributed by atoms with Gasteiger partial charge in [0.2, 0.25) is 0 Å². The Morgan fingerprint density at radius 1 is 1.04 bits per heavy atom. The Labute approximate surface area is 162 Å². The molecule has 150 valence electrons. The maximum absolute atomic E-state index is 12.3. The summed E-state index contributed by atoms with van der Waals surface area (Å²) in [5.41, 5.74) is 0. The Hall–Kier alpha value is -1.01. The van der Waals surface area contributed by atoms with Gasteiger partial charge in [-0.05, 0) is 69.4 Å². The van der Waals surface area contributed by atoms with Crippen molar-refractivity contribution in [1.82, 2.24) is 15.5 Å². The fourth-order valence-corrected chi connectivity index (χ4v) is 4.92. The quantitative estimate of drug-likeness (QED) is 0.627. The number of carboxylic acid groups (broad SMARTS) is 1. The third-order valence-electron chi connectivity index (χ3n) is 6.56. The van der Waals surface area contributed by atoms with Gasteiger partial charge in [0.05, 0.1) is 6.04 Å². The van der Waals surface area contributed by atoms with Crippen LogP contribution in [0, 0.1) is 17.8 Å². The number of carbonyl (C=O) groups excluding carboxylic acids is 1. The molecule has 7 heteroatoms. The molecule has 3 rings (SSSR count). The normalized spacial score (nSPS) is 29.9. The van der Waals surface area contributed by atoms with Crippen molar-refractivity contribution in [3.63, 3.8) is 0 Å². The van der Waals surface area contributed by atoms with Crippen LogP contribution in [0.5, 0.6) is 0 Å². The maximum atomic E-state index is 12.3. The van der Waals surface area contributed by atoms with Crippen molar-refractivity contribution in [2.45, 2.75) is 63.8 Å². The van der Waals surface area contributed by atoms with Gasteiger partial charge in [-0.15, -0.1) is 12.4 Å². The first-order valence-electron chi connectivity index (χ1n) is 10.1. The van der Waals surface area contributed by atoms with Gasteiger partial charge in [-0.1, -0.05) is 12.8 Å².